The number of carbonyl (C=O) groups excluding carboxylic acids is 2. The number of benzene rings is 1. The van der Waals surface area contributed by atoms with Crippen molar-refractivity contribution >= 4 is 44.5 Å². The van der Waals surface area contributed by atoms with Gasteiger partial charge in [0.1, 0.15) is 11.4 Å². The first-order chi connectivity index (χ1) is 12.3. The minimum absolute atomic E-state index is 0.180. The highest BCUT2D eigenvalue weighted by atomic mass is 79.9. The van der Waals surface area contributed by atoms with E-state index >= 15 is 0 Å². The smallest absolute Gasteiger partial charge is 0.414 e. The topological polar surface area (TPSA) is 72.9 Å². The van der Waals surface area contributed by atoms with E-state index in [-0.39, 0.29) is 13.0 Å². The molecule has 1 aromatic carbocycles. The van der Waals surface area contributed by atoms with Crippen LogP contribution in [0.5, 0.6) is 0 Å². The number of esters is 1. The first-order valence-electron chi connectivity index (χ1n) is 8.56. The van der Waals surface area contributed by atoms with Gasteiger partial charge in [0, 0.05) is 27.9 Å². The van der Waals surface area contributed by atoms with E-state index in [0.29, 0.717) is 6.54 Å². The van der Waals surface area contributed by atoms with Gasteiger partial charge in [0.15, 0.2) is 0 Å². The number of halogens is 1. The highest BCUT2D eigenvalue weighted by molar-refractivity contribution is 9.10. The summed E-state index contributed by atoms with van der Waals surface area (Å²) in [7, 11) is -1.40. The van der Waals surface area contributed by atoms with Crippen molar-refractivity contribution in [2.75, 3.05) is 24.3 Å². The predicted molar refractivity (Wildman–Crippen MR) is 107 cm³/mol. The molecule has 3 atom stereocenters. The monoisotopic (exact) mass is 447 g/mol. The van der Waals surface area contributed by atoms with Crippen LogP contribution in [0, 0.1) is 6.92 Å². The van der Waals surface area contributed by atoms with Gasteiger partial charge < -0.3 is 9.47 Å². The Morgan fingerprint density at radius 3 is 2.65 bits per heavy atom. The first-order valence-corrected chi connectivity index (χ1v) is 11.0. The van der Waals surface area contributed by atoms with Crippen LogP contribution < -0.4 is 4.90 Å². The molecule has 0 saturated carbocycles. The van der Waals surface area contributed by atoms with Gasteiger partial charge in [-0.1, -0.05) is 29.8 Å². The lowest BCUT2D eigenvalue weighted by Gasteiger charge is -2.17. The van der Waals surface area contributed by atoms with Crippen molar-refractivity contribution in [1.29, 1.82) is 0 Å². The van der Waals surface area contributed by atoms with Gasteiger partial charge in [-0.25, -0.2) is 4.79 Å². The summed E-state index contributed by atoms with van der Waals surface area (Å²) < 4.78 is 23.1. The fraction of sp³-hybridized carbons (Fsp3) is 0.556. The van der Waals surface area contributed by atoms with Gasteiger partial charge in [-0.15, -0.1) is 0 Å². The molecule has 6 nitrogen and oxygen atoms in total. The summed E-state index contributed by atoms with van der Waals surface area (Å²) >= 11 is 3.39. The highest BCUT2D eigenvalue weighted by Gasteiger charge is 2.37. The van der Waals surface area contributed by atoms with Crippen LogP contribution in [0.1, 0.15) is 32.8 Å². The van der Waals surface area contributed by atoms with Crippen molar-refractivity contribution in [1.82, 2.24) is 0 Å². The molecule has 146 valence electrons. The Morgan fingerprint density at radius 1 is 1.46 bits per heavy atom. The quantitative estimate of drug-likeness (QED) is 0.619. The maximum atomic E-state index is 12.2. The summed E-state index contributed by atoms with van der Waals surface area (Å²) in [6, 6.07) is 5.60. The molecule has 1 heterocycles. The summed E-state index contributed by atoms with van der Waals surface area (Å²) in [5.41, 5.74) is 1.69. The van der Waals surface area contributed by atoms with Crippen LogP contribution >= 0.6 is 15.9 Å². The van der Waals surface area contributed by atoms with Crippen molar-refractivity contribution in [3.8, 4) is 0 Å². The Balaban J connectivity index is 0.00000163. The Morgan fingerprint density at radius 2 is 2.12 bits per heavy atom. The molecular weight excluding hydrogens is 422 g/mol. The summed E-state index contributed by atoms with van der Waals surface area (Å²) in [5.74, 6) is -0.521. The van der Waals surface area contributed by atoms with E-state index in [0.717, 1.165) is 15.7 Å². The van der Waals surface area contributed by atoms with E-state index in [2.05, 4.69) is 15.9 Å². The third-order valence-corrected chi connectivity index (χ3v) is 5.43. The standard InChI is InChI=1S/C16H20BrNO5S.C2H6/c1-4-22-15(19)14(24(3)21)8-12-9-18(16(20)23-12)13-6-5-11(17)7-10(13)2;1-2/h5-7,12,14H,4,8-9H2,1-3H3;1-2H3. The van der Waals surface area contributed by atoms with Crippen LogP contribution in [-0.2, 0) is 25.1 Å². The lowest BCUT2D eigenvalue weighted by atomic mass is 10.1. The Bertz CT molecular complexity index is 667. The summed E-state index contributed by atoms with van der Waals surface area (Å²) in [4.78, 5) is 25.6. The van der Waals surface area contributed by atoms with Crippen molar-refractivity contribution in [2.45, 2.75) is 45.5 Å². The second-order valence-corrected chi connectivity index (χ2v) is 8.00. The Hall–Kier alpha value is -1.41. The third-order valence-electron chi connectivity index (χ3n) is 3.75. The van der Waals surface area contributed by atoms with E-state index in [1.54, 1.807) is 6.92 Å². The molecule has 1 fully saturated rings. The molecule has 0 spiro atoms. The second-order valence-electron chi connectivity index (χ2n) is 5.52. The number of anilines is 1. The van der Waals surface area contributed by atoms with E-state index in [1.807, 2.05) is 39.0 Å². The molecule has 1 saturated heterocycles. The Kier molecular flexibility index (Phi) is 9.29. The zero-order valence-corrected chi connectivity index (χ0v) is 18.2. The second kappa shape index (κ2) is 10.7. The van der Waals surface area contributed by atoms with Crippen LogP contribution in [0.15, 0.2) is 22.7 Å². The number of hydrogen-bond donors (Lipinski definition) is 0. The Labute approximate surface area is 165 Å². The molecule has 0 bridgehead atoms. The summed E-state index contributed by atoms with van der Waals surface area (Å²) in [6.07, 6.45) is 0.670. The van der Waals surface area contributed by atoms with E-state index in [1.165, 1.54) is 11.2 Å². The first kappa shape index (κ1) is 22.6. The molecule has 0 aromatic heterocycles. The van der Waals surface area contributed by atoms with Crippen LogP contribution in [0.3, 0.4) is 0 Å². The minimum Gasteiger partial charge on any atom is -0.465 e. The number of nitrogens with zero attached hydrogens (tertiary/aromatic N) is 1. The number of cyclic esters (lactones) is 1. The van der Waals surface area contributed by atoms with Gasteiger partial charge >= 0.3 is 12.1 Å². The number of rotatable bonds is 6. The van der Waals surface area contributed by atoms with Gasteiger partial charge in [-0.3, -0.25) is 13.9 Å². The number of carbonyl (C=O) groups is 2. The normalized spacial score (nSPS) is 18.5. The lowest BCUT2D eigenvalue weighted by Crippen LogP contribution is -2.33. The molecular formula is C18H26BrNO5S. The minimum atomic E-state index is -1.40. The summed E-state index contributed by atoms with van der Waals surface area (Å²) in [6.45, 7) is 8.14. The average Bonchev–Trinajstić information content (AvgIpc) is 2.95. The molecule has 8 heteroatoms. The number of hydrogen-bond acceptors (Lipinski definition) is 5. The molecule has 26 heavy (non-hydrogen) atoms. The van der Waals surface area contributed by atoms with Gasteiger partial charge in [0.05, 0.1) is 18.8 Å². The number of ether oxygens (including phenoxy) is 2. The molecule has 1 aliphatic rings. The molecule has 0 radical (unpaired) electrons. The lowest BCUT2D eigenvalue weighted by molar-refractivity contribution is -0.143. The van der Waals surface area contributed by atoms with Crippen molar-refractivity contribution < 1.29 is 23.3 Å². The zero-order chi connectivity index (χ0) is 19.9. The van der Waals surface area contributed by atoms with Crippen molar-refractivity contribution in [3.05, 3.63) is 28.2 Å². The van der Waals surface area contributed by atoms with E-state index in [4.69, 9.17) is 9.47 Å². The third kappa shape index (κ3) is 5.81. The molecule has 2 rings (SSSR count). The maximum absolute atomic E-state index is 12.2. The fourth-order valence-electron chi connectivity index (χ4n) is 2.60. The molecule has 3 unspecified atom stereocenters. The van der Waals surface area contributed by atoms with Gasteiger partial charge in [-0.05, 0) is 37.6 Å². The van der Waals surface area contributed by atoms with E-state index in [9.17, 15) is 13.8 Å². The van der Waals surface area contributed by atoms with Crippen molar-refractivity contribution in [3.63, 3.8) is 0 Å². The molecule has 1 amide bonds. The predicted octanol–water partition coefficient (Wildman–Crippen LogP) is 3.81. The number of amides is 1. The highest BCUT2D eigenvalue weighted by Crippen LogP contribution is 2.29. The van der Waals surface area contributed by atoms with Crippen LogP contribution in [0.4, 0.5) is 10.5 Å². The fourth-order valence-corrected chi connectivity index (χ4v) is 3.90. The maximum Gasteiger partial charge on any atom is 0.414 e. The van der Waals surface area contributed by atoms with Gasteiger partial charge in [0.2, 0.25) is 0 Å². The van der Waals surface area contributed by atoms with Crippen LogP contribution in [0.2, 0.25) is 0 Å². The molecule has 1 aliphatic heterocycles. The summed E-state index contributed by atoms with van der Waals surface area (Å²) in [5, 5.41) is -0.797. The van der Waals surface area contributed by atoms with Gasteiger partial charge in [0.25, 0.3) is 0 Å². The van der Waals surface area contributed by atoms with Crippen molar-refractivity contribution in [2.24, 2.45) is 0 Å². The zero-order valence-electron chi connectivity index (χ0n) is 15.8. The van der Waals surface area contributed by atoms with Crippen LogP contribution in [-0.4, -0.2) is 47.0 Å². The largest absolute Gasteiger partial charge is 0.465 e. The molecule has 0 aliphatic carbocycles. The van der Waals surface area contributed by atoms with E-state index < -0.39 is 34.2 Å². The molecule has 0 N–H and O–H groups in total. The number of aryl methyl sites for hydroxylation is 1. The average molecular weight is 448 g/mol. The van der Waals surface area contributed by atoms with Gasteiger partial charge in [-0.2, -0.15) is 0 Å². The SMILES string of the molecule is CC.CCOC(=O)C(CC1CN(c2ccc(Br)cc2C)C(=O)O1)S(C)=O. The van der Waals surface area contributed by atoms with Crippen LogP contribution in [0.25, 0.3) is 0 Å². The molecule has 1 aromatic rings.